The number of ether oxygens (including phenoxy) is 1. The maximum absolute atomic E-state index is 11.3. The molecule has 2 aromatic rings. The molecule has 0 radical (unpaired) electrons. The van der Waals surface area contributed by atoms with Crippen molar-refractivity contribution in [1.29, 1.82) is 0 Å². The van der Waals surface area contributed by atoms with Gasteiger partial charge < -0.3 is 16.2 Å². The van der Waals surface area contributed by atoms with E-state index >= 15 is 0 Å². The zero-order chi connectivity index (χ0) is 14.9. The van der Waals surface area contributed by atoms with E-state index in [1.165, 1.54) is 12.3 Å². The molecule has 104 valence electrons. The monoisotopic (exact) mass is 271 g/mol. The zero-order valence-corrected chi connectivity index (χ0v) is 11.7. The van der Waals surface area contributed by atoms with Gasteiger partial charge in [-0.3, -0.25) is 4.79 Å². The third kappa shape index (κ3) is 2.56. The Labute approximate surface area is 117 Å². The highest BCUT2D eigenvalue weighted by Crippen LogP contribution is 2.30. The molecule has 5 nitrogen and oxygen atoms in total. The van der Waals surface area contributed by atoms with Crippen LogP contribution in [0.4, 0.5) is 5.69 Å². The smallest absolute Gasteiger partial charge is 0.251 e. The summed E-state index contributed by atoms with van der Waals surface area (Å²) in [7, 11) is 0. The van der Waals surface area contributed by atoms with Crippen molar-refractivity contribution < 1.29 is 9.53 Å². The Hall–Kier alpha value is -2.56. The Morgan fingerprint density at radius 3 is 2.50 bits per heavy atom. The lowest BCUT2D eigenvalue weighted by Crippen LogP contribution is -2.14. The first kappa shape index (κ1) is 13.9. The molecule has 0 saturated carbocycles. The van der Waals surface area contributed by atoms with Crippen molar-refractivity contribution in [3.63, 3.8) is 0 Å². The molecule has 4 N–H and O–H groups in total. The van der Waals surface area contributed by atoms with Crippen molar-refractivity contribution >= 4 is 11.6 Å². The molecule has 1 aromatic carbocycles. The van der Waals surface area contributed by atoms with Gasteiger partial charge in [-0.1, -0.05) is 12.1 Å². The van der Waals surface area contributed by atoms with Gasteiger partial charge in [-0.2, -0.15) is 0 Å². The molecule has 1 heterocycles. The molecule has 0 atom stereocenters. The molecular formula is C15H17N3O2. The largest absolute Gasteiger partial charge is 0.438 e. The number of carbonyl (C=O) groups excluding carboxylic acids is 1. The van der Waals surface area contributed by atoms with Crippen molar-refractivity contribution in [2.75, 3.05) is 5.73 Å². The molecule has 0 fully saturated rings. The number of nitrogens with two attached hydrogens (primary N) is 2. The van der Waals surface area contributed by atoms with Crippen LogP contribution in [0.15, 0.2) is 24.4 Å². The van der Waals surface area contributed by atoms with Gasteiger partial charge in [0.15, 0.2) is 0 Å². The molecule has 0 aliphatic heterocycles. The maximum atomic E-state index is 11.3. The maximum Gasteiger partial charge on any atom is 0.251 e. The zero-order valence-electron chi connectivity index (χ0n) is 11.7. The van der Waals surface area contributed by atoms with Crippen LogP contribution in [-0.4, -0.2) is 10.9 Å². The van der Waals surface area contributed by atoms with Crippen molar-refractivity contribution in [2.24, 2.45) is 5.73 Å². The first-order valence-electron chi connectivity index (χ1n) is 6.20. The normalized spacial score (nSPS) is 10.3. The van der Waals surface area contributed by atoms with Crippen molar-refractivity contribution in [1.82, 2.24) is 4.98 Å². The number of pyridine rings is 1. The van der Waals surface area contributed by atoms with Gasteiger partial charge in [-0.25, -0.2) is 4.98 Å². The van der Waals surface area contributed by atoms with E-state index in [9.17, 15) is 4.79 Å². The minimum Gasteiger partial charge on any atom is -0.438 e. The summed E-state index contributed by atoms with van der Waals surface area (Å²) in [4.78, 5) is 15.3. The lowest BCUT2D eigenvalue weighted by molar-refractivity contribution is 0.100. The molecule has 20 heavy (non-hydrogen) atoms. The summed E-state index contributed by atoms with van der Waals surface area (Å²) in [6.45, 7) is 5.94. The number of hydrogen-bond donors (Lipinski definition) is 2. The van der Waals surface area contributed by atoms with Crippen LogP contribution in [0.1, 0.15) is 27.0 Å². The van der Waals surface area contributed by atoms with Gasteiger partial charge in [0.1, 0.15) is 5.75 Å². The molecule has 2 rings (SSSR count). The highest BCUT2D eigenvalue weighted by Gasteiger charge is 2.12. The van der Waals surface area contributed by atoms with Crippen molar-refractivity contribution in [3.8, 4) is 11.6 Å². The summed E-state index contributed by atoms with van der Waals surface area (Å²) >= 11 is 0. The van der Waals surface area contributed by atoms with Crippen LogP contribution in [0.25, 0.3) is 0 Å². The summed E-state index contributed by atoms with van der Waals surface area (Å²) in [6.07, 6.45) is 1.37. The second-order valence-corrected chi connectivity index (χ2v) is 4.73. The predicted molar refractivity (Wildman–Crippen MR) is 77.9 cm³/mol. The quantitative estimate of drug-likeness (QED) is 0.897. The summed E-state index contributed by atoms with van der Waals surface area (Å²) in [6, 6.07) is 5.46. The molecule has 0 bridgehead atoms. The van der Waals surface area contributed by atoms with E-state index < -0.39 is 5.91 Å². The van der Waals surface area contributed by atoms with E-state index in [0.29, 0.717) is 5.88 Å². The minimum absolute atomic E-state index is 0.206. The Kier molecular flexibility index (Phi) is 3.61. The van der Waals surface area contributed by atoms with Crippen LogP contribution in [0.2, 0.25) is 0 Å². The number of aryl methyl sites for hydroxylation is 2. The molecule has 0 aliphatic carbocycles. The van der Waals surface area contributed by atoms with Gasteiger partial charge in [-0.15, -0.1) is 0 Å². The summed E-state index contributed by atoms with van der Waals surface area (Å²) in [5.74, 6) is 0.426. The highest BCUT2D eigenvalue weighted by molar-refractivity contribution is 5.98. The second-order valence-electron chi connectivity index (χ2n) is 4.73. The predicted octanol–water partition coefficient (Wildman–Crippen LogP) is 2.48. The lowest BCUT2D eigenvalue weighted by atomic mass is 10.1. The summed E-state index contributed by atoms with van der Waals surface area (Å²) in [5.41, 5.74) is 14.5. The van der Waals surface area contributed by atoms with Gasteiger partial charge >= 0.3 is 0 Å². The number of benzene rings is 1. The molecular weight excluding hydrogens is 254 g/mol. The van der Waals surface area contributed by atoms with E-state index in [1.54, 1.807) is 0 Å². The van der Waals surface area contributed by atoms with E-state index in [0.717, 1.165) is 22.4 Å². The Balaban J connectivity index is 2.43. The van der Waals surface area contributed by atoms with Crippen LogP contribution in [-0.2, 0) is 0 Å². The van der Waals surface area contributed by atoms with Crippen LogP contribution >= 0.6 is 0 Å². The van der Waals surface area contributed by atoms with Crippen LogP contribution in [0.5, 0.6) is 11.6 Å². The number of hydrogen-bond acceptors (Lipinski definition) is 4. The Bertz CT molecular complexity index is 681. The third-order valence-corrected chi connectivity index (χ3v) is 3.26. The topological polar surface area (TPSA) is 91.2 Å². The van der Waals surface area contributed by atoms with Crippen molar-refractivity contribution in [2.45, 2.75) is 20.8 Å². The first-order valence-corrected chi connectivity index (χ1v) is 6.20. The number of nitrogens with zero attached hydrogens (tertiary/aromatic N) is 1. The third-order valence-electron chi connectivity index (χ3n) is 3.26. The number of anilines is 1. The molecule has 0 spiro atoms. The average molecular weight is 271 g/mol. The average Bonchev–Trinajstić information content (AvgIpc) is 2.40. The molecule has 0 saturated heterocycles. The fourth-order valence-corrected chi connectivity index (χ4v) is 1.90. The first-order chi connectivity index (χ1) is 9.40. The van der Waals surface area contributed by atoms with Crippen LogP contribution in [0.3, 0.4) is 0 Å². The Morgan fingerprint density at radius 1 is 1.20 bits per heavy atom. The van der Waals surface area contributed by atoms with Crippen molar-refractivity contribution in [3.05, 3.63) is 46.6 Å². The molecule has 1 aromatic heterocycles. The number of primary amides is 1. The van der Waals surface area contributed by atoms with Crippen LogP contribution in [0, 0.1) is 20.8 Å². The second kappa shape index (κ2) is 5.21. The highest BCUT2D eigenvalue weighted by atomic mass is 16.5. The number of nitrogen functional groups attached to an aromatic ring is 1. The number of carbonyl (C=O) groups is 1. The van der Waals surface area contributed by atoms with Gasteiger partial charge in [0.05, 0.1) is 17.4 Å². The minimum atomic E-state index is -0.604. The van der Waals surface area contributed by atoms with Gasteiger partial charge in [0.2, 0.25) is 5.88 Å². The van der Waals surface area contributed by atoms with Gasteiger partial charge in [-0.05, 0) is 37.5 Å². The molecule has 0 aliphatic rings. The lowest BCUT2D eigenvalue weighted by Gasteiger charge is -2.13. The fraction of sp³-hybridized carbons (Fsp3) is 0.200. The van der Waals surface area contributed by atoms with E-state index in [4.69, 9.17) is 16.2 Å². The van der Waals surface area contributed by atoms with Crippen LogP contribution < -0.4 is 16.2 Å². The Morgan fingerprint density at radius 2 is 1.85 bits per heavy atom. The van der Waals surface area contributed by atoms with E-state index in [1.807, 2.05) is 32.9 Å². The van der Waals surface area contributed by atoms with E-state index in [-0.39, 0.29) is 11.3 Å². The number of rotatable bonds is 3. The molecule has 5 heteroatoms. The SMILES string of the molecule is Cc1ccc(C)c(Oc2cc(C(N)=O)c(N)cn2)c1C. The summed E-state index contributed by atoms with van der Waals surface area (Å²) in [5, 5.41) is 0. The summed E-state index contributed by atoms with van der Waals surface area (Å²) < 4.78 is 5.79. The number of aromatic nitrogens is 1. The van der Waals surface area contributed by atoms with Gasteiger partial charge in [0.25, 0.3) is 5.91 Å². The fourth-order valence-electron chi connectivity index (χ4n) is 1.90. The standard InChI is InChI=1S/C15H17N3O2/c1-8-4-5-9(2)14(10(8)3)20-13-6-11(15(17)19)12(16)7-18-13/h4-7H,16H2,1-3H3,(H2,17,19). The van der Waals surface area contributed by atoms with E-state index in [2.05, 4.69) is 4.98 Å². The number of amides is 1. The molecule has 0 unspecified atom stereocenters. The van der Waals surface area contributed by atoms with Gasteiger partial charge in [0, 0.05) is 6.07 Å². The molecule has 1 amide bonds.